The average molecular weight is 384 g/mol. The minimum absolute atomic E-state index is 0.0506. The van der Waals surface area contributed by atoms with Gasteiger partial charge in [0.1, 0.15) is 0 Å². The number of amides is 1. The zero-order valence-electron chi connectivity index (χ0n) is 15.4. The maximum absolute atomic E-state index is 12.1. The second kappa shape index (κ2) is 8.54. The van der Waals surface area contributed by atoms with E-state index in [2.05, 4.69) is 50.4 Å². The van der Waals surface area contributed by atoms with Crippen molar-refractivity contribution in [3.63, 3.8) is 0 Å². The summed E-state index contributed by atoms with van der Waals surface area (Å²) in [6.45, 7) is 6.03. The van der Waals surface area contributed by atoms with Gasteiger partial charge < -0.3 is 10.2 Å². The molecule has 6 nitrogen and oxygen atoms in total. The number of carbonyl (C=O) groups is 1. The molecule has 0 radical (unpaired) electrons. The first-order valence-corrected chi connectivity index (χ1v) is 10.4. The van der Waals surface area contributed by atoms with Crippen LogP contribution >= 0.6 is 11.3 Å². The third-order valence-electron chi connectivity index (χ3n) is 4.95. The summed E-state index contributed by atoms with van der Waals surface area (Å²) in [5.74, 6) is 0.0506. The first-order chi connectivity index (χ1) is 13.3. The number of rotatable bonds is 7. The fourth-order valence-corrected chi connectivity index (χ4v) is 4.21. The van der Waals surface area contributed by atoms with Crippen molar-refractivity contribution in [2.45, 2.75) is 12.8 Å². The number of thiazole rings is 1. The van der Waals surface area contributed by atoms with Gasteiger partial charge >= 0.3 is 0 Å². The first kappa shape index (κ1) is 18.0. The number of aromatic nitrogens is 2. The van der Waals surface area contributed by atoms with Crippen LogP contribution in [-0.4, -0.2) is 59.5 Å². The van der Waals surface area contributed by atoms with E-state index in [1.807, 2.05) is 22.2 Å². The molecule has 2 aromatic heterocycles. The molecule has 4 rings (SSSR count). The number of fused-ring (bicyclic) bond motifs is 1. The fourth-order valence-electron chi connectivity index (χ4n) is 3.49. The molecule has 27 heavy (non-hydrogen) atoms. The SMILES string of the molecule is O=C(Cc1cn2ccsc2n1)NCCCN1CCN(c2ccccc2)CC1. The summed E-state index contributed by atoms with van der Waals surface area (Å²) in [7, 11) is 0. The molecule has 142 valence electrons. The number of anilines is 1. The molecule has 0 unspecified atom stereocenters. The van der Waals surface area contributed by atoms with Crippen molar-refractivity contribution < 1.29 is 4.79 Å². The lowest BCUT2D eigenvalue weighted by molar-refractivity contribution is -0.120. The third-order valence-corrected chi connectivity index (χ3v) is 5.72. The van der Waals surface area contributed by atoms with Gasteiger partial charge in [0.2, 0.25) is 5.91 Å². The van der Waals surface area contributed by atoms with E-state index in [0.717, 1.165) is 56.3 Å². The number of nitrogens with one attached hydrogen (secondary N) is 1. The second-order valence-corrected chi connectivity index (χ2v) is 7.74. The van der Waals surface area contributed by atoms with Crippen LogP contribution in [0.1, 0.15) is 12.1 Å². The van der Waals surface area contributed by atoms with Crippen LogP contribution in [0.5, 0.6) is 0 Å². The maximum atomic E-state index is 12.1. The lowest BCUT2D eigenvalue weighted by Crippen LogP contribution is -2.47. The summed E-state index contributed by atoms with van der Waals surface area (Å²) in [4.78, 5) is 22.4. The quantitative estimate of drug-likeness (QED) is 0.636. The van der Waals surface area contributed by atoms with Crippen LogP contribution < -0.4 is 10.2 Å². The number of nitrogens with zero attached hydrogens (tertiary/aromatic N) is 4. The predicted octanol–water partition coefficient (Wildman–Crippen LogP) is 2.27. The smallest absolute Gasteiger partial charge is 0.226 e. The zero-order valence-corrected chi connectivity index (χ0v) is 16.2. The predicted molar refractivity (Wildman–Crippen MR) is 109 cm³/mol. The van der Waals surface area contributed by atoms with Crippen molar-refractivity contribution in [3.05, 3.63) is 53.8 Å². The molecule has 0 spiro atoms. The molecule has 1 N–H and O–H groups in total. The van der Waals surface area contributed by atoms with E-state index in [1.165, 1.54) is 5.69 Å². The van der Waals surface area contributed by atoms with E-state index in [1.54, 1.807) is 11.3 Å². The number of para-hydroxylation sites is 1. The van der Waals surface area contributed by atoms with Crippen LogP contribution in [-0.2, 0) is 11.2 Å². The van der Waals surface area contributed by atoms with Gasteiger partial charge in [0, 0.05) is 56.2 Å². The highest BCUT2D eigenvalue weighted by atomic mass is 32.1. The molecule has 1 amide bonds. The van der Waals surface area contributed by atoms with Crippen LogP contribution in [0.15, 0.2) is 48.1 Å². The standard InChI is InChI=1S/C20H25N5OS/c26-19(15-17-16-25-13-14-27-20(25)22-17)21-7-4-8-23-9-11-24(12-10-23)18-5-2-1-3-6-18/h1-3,5-6,13-14,16H,4,7-12,15H2,(H,21,26). The maximum Gasteiger partial charge on any atom is 0.226 e. The lowest BCUT2D eigenvalue weighted by Gasteiger charge is -2.36. The van der Waals surface area contributed by atoms with Gasteiger partial charge in [-0.05, 0) is 25.1 Å². The van der Waals surface area contributed by atoms with Crippen LogP contribution in [0.3, 0.4) is 0 Å². The van der Waals surface area contributed by atoms with E-state index in [9.17, 15) is 4.79 Å². The highest BCUT2D eigenvalue weighted by Gasteiger charge is 2.16. The Labute approximate surface area is 163 Å². The average Bonchev–Trinajstić information content (AvgIpc) is 3.28. The Morgan fingerprint density at radius 2 is 1.96 bits per heavy atom. The topological polar surface area (TPSA) is 52.9 Å². The zero-order chi connectivity index (χ0) is 18.5. The van der Waals surface area contributed by atoms with Crippen molar-refractivity contribution in [2.24, 2.45) is 0 Å². The van der Waals surface area contributed by atoms with Gasteiger partial charge in [0.15, 0.2) is 4.96 Å². The van der Waals surface area contributed by atoms with Crippen molar-refractivity contribution in [1.82, 2.24) is 19.6 Å². The number of carbonyl (C=O) groups excluding carboxylic acids is 1. The molecule has 0 bridgehead atoms. The van der Waals surface area contributed by atoms with Crippen LogP contribution in [0.4, 0.5) is 5.69 Å². The molecule has 1 fully saturated rings. The molecule has 1 aliphatic rings. The molecule has 7 heteroatoms. The van der Waals surface area contributed by atoms with E-state index in [0.29, 0.717) is 6.42 Å². The van der Waals surface area contributed by atoms with Gasteiger partial charge in [-0.2, -0.15) is 0 Å². The summed E-state index contributed by atoms with van der Waals surface area (Å²) < 4.78 is 1.96. The Hall–Kier alpha value is -2.38. The molecule has 1 aromatic carbocycles. The second-order valence-electron chi connectivity index (χ2n) is 6.87. The van der Waals surface area contributed by atoms with Gasteiger partial charge in [-0.3, -0.25) is 14.1 Å². The normalized spacial score (nSPS) is 15.3. The number of benzene rings is 1. The Morgan fingerprint density at radius 1 is 1.15 bits per heavy atom. The monoisotopic (exact) mass is 383 g/mol. The molecule has 0 aliphatic carbocycles. The Kier molecular flexibility index (Phi) is 5.69. The molecule has 3 heterocycles. The summed E-state index contributed by atoms with van der Waals surface area (Å²) in [6, 6.07) is 10.6. The minimum atomic E-state index is 0.0506. The third kappa shape index (κ3) is 4.67. The van der Waals surface area contributed by atoms with Gasteiger partial charge in [-0.25, -0.2) is 4.98 Å². The number of imidazole rings is 1. The van der Waals surface area contributed by atoms with E-state index in [-0.39, 0.29) is 5.91 Å². The number of piperazine rings is 1. The van der Waals surface area contributed by atoms with E-state index in [4.69, 9.17) is 0 Å². The van der Waals surface area contributed by atoms with E-state index < -0.39 is 0 Å². The molecular formula is C20H25N5OS. The van der Waals surface area contributed by atoms with Crippen LogP contribution in [0, 0.1) is 0 Å². The molecular weight excluding hydrogens is 358 g/mol. The number of hydrogen-bond acceptors (Lipinski definition) is 5. The number of hydrogen-bond donors (Lipinski definition) is 1. The Morgan fingerprint density at radius 3 is 2.74 bits per heavy atom. The summed E-state index contributed by atoms with van der Waals surface area (Å²) in [5, 5.41) is 5.01. The van der Waals surface area contributed by atoms with Gasteiger partial charge in [-0.1, -0.05) is 18.2 Å². The van der Waals surface area contributed by atoms with Crippen molar-refractivity contribution in [3.8, 4) is 0 Å². The van der Waals surface area contributed by atoms with Crippen molar-refractivity contribution in [1.29, 1.82) is 0 Å². The highest BCUT2D eigenvalue weighted by molar-refractivity contribution is 7.15. The molecule has 1 saturated heterocycles. The van der Waals surface area contributed by atoms with Gasteiger partial charge in [0.25, 0.3) is 0 Å². The largest absolute Gasteiger partial charge is 0.369 e. The summed E-state index contributed by atoms with van der Waals surface area (Å²) in [6.07, 6.45) is 5.23. The van der Waals surface area contributed by atoms with Crippen LogP contribution in [0.2, 0.25) is 0 Å². The van der Waals surface area contributed by atoms with Crippen molar-refractivity contribution >= 4 is 27.9 Å². The summed E-state index contributed by atoms with van der Waals surface area (Å²) >= 11 is 1.58. The van der Waals surface area contributed by atoms with E-state index >= 15 is 0 Å². The summed E-state index contributed by atoms with van der Waals surface area (Å²) in [5.41, 5.74) is 2.14. The van der Waals surface area contributed by atoms with Gasteiger partial charge in [0.05, 0.1) is 12.1 Å². The van der Waals surface area contributed by atoms with Gasteiger partial charge in [-0.15, -0.1) is 11.3 Å². The molecule has 3 aromatic rings. The van der Waals surface area contributed by atoms with Crippen molar-refractivity contribution in [2.75, 3.05) is 44.2 Å². The minimum Gasteiger partial charge on any atom is -0.369 e. The first-order valence-electron chi connectivity index (χ1n) is 9.48. The lowest BCUT2D eigenvalue weighted by atomic mass is 10.2. The van der Waals surface area contributed by atoms with Crippen LogP contribution in [0.25, 0.3) is 4.96 Å². The highest BCUT2D eigenvalue weighted by Crippen LogP contribution is 2.15. The molecule has 0 saturated carbocycles. The Bertz CT molecular complexity index is 838. The Balaban J connectivity index is 1.12. The fraction of sp³-hybridized carbons (Fsp3) is 0.400. The molecule has 1 aliphatic heterocycles. The molecule has 0 atom stereocenters.